The normalized spacial score (nSPS) is 16.4. The van der Waals surface area contributed by atoms with Gasteiger partial charge in [-0.25, -0.2) is 5.01 Å². The van der Waals surface area contributed by atoms with E-state index in [0.717, 1.165) is 16.8 Å². The molecule has 8 heteroatoms. The van der Waals surface area contributed by atoms with E-state index in [0.29, 0.717) is 19.3 Å². The number of anilines is 1. The smallest absolute Gasteiger partial charge is 0.325 e. The van der Waals surface area contributed by atoms with Crippen molar-refractivity contribution in [2.24, 2.45) is 0 Å². The highest BCUT2D eigenvalue weighted by molar-refractivity contribution is 5.88. The number of aryl methyl sites for hydroxylation is 1. The van der Waals surface area contributed by atoms with Crippen molar-refractivity contribution < 1.29 is 24.2 Å². The topological polar surface area (TPSA) is 99.2 Å². The van der Waals surface area contributed by atoms with Gasteiger partial charge in [0.15, 0.2) is 0 Å². The first-order valence-corrected chi connectivity index (χ1v) is 11.7. The zero-order valence-corrected chi connectivity index (χ0v) is 19.9. The van der Waals surface area contributed by atoms with Gasteiger partial charge in [0.05, 0.1) is 24.4 Å². The quantitative estimate of drug-likeness (QED) is 0.490. The highest BCUT2D eigenvalue weighted by Gasteiger charge is 2.37. The van der Waals surface area contributed by atoms with Crippen molar-refractivity contribution in [3.63, 3.8) is 0 Å². The minimum atomic E-state index is -1.11. The Hall–Kier alpha value is -3.39. The molecule has 0 aromatic heterocycles. The van der Waals surface area contributed by atoms with Crippen LogP contribution in [-0.2, 0) is 32.0 Å². The van der Waals surface area contributed by atoms with E-state index in [9.17, 15) is 19.5 Å². The van der Waals surface area contributed by atoms with Gasteiger partial charge in [0.25, 0.3) is 5.91 Å². The number of carboxylic acid groups (broad SMARTS) is 1. The molecule has 0 fully saturated rings. The molecular weight excluding hydrogens is 434 g/mol. The predicted octanol–water partition coefficient (Wildman–Crippen LogP) is 2.81. The molecular formula is C26H33N3O5. The summed E-state index contributed by atoms with van der Waals surface area (Å²) in [4.78, 5) is 37.8. The van der Waals surface area contributed by atoms with Gasteiger partial charge in [-0.3, -0.25) is 24.7 Å². The van der Waals surface area contributed by atoms with Crippen molar-refractivity contribution in [1.29, 1.82) is 0 Å². The lowest BCUT2D eigenvalue weighted by molar-refractivity contribution is -0.148. The number of ether oxygens (including phenoxy) is 1. The molecule has 0 spiro atoms. The number of carbonyl (C=O) groups is 3. The molecule has 2 N–H and O–H groups in total. The van der Waals surface area contributed by atoms with E-state index in [-0.39, 0.29) is 12.6 Å². The third-order valence-electron chi connectivity index (χ3n) is 5.93. The molecule has 3 rings (SSSR count). The van der Waals surface area contributed by atoms with Crippen LogP contribution in [0.2, 0.25) is 0 Å². The molecule has 2 aromatic carbocycles. The number of nitrogens with zero attached hydrogens (tertiary/aromatic N) is 2. The predicted molar refractivity (Wildman–Crippen MR) is 129 cm³/mol. The Labute approximate surface area is 200 Å². The number of para-hydroxylation sites is 1. The molecule has 182 valence electrons. The summed E-state index contributed by atoms with van der Waals surface area (Å²) in [6.07, 6.45) is 1.79. The second-order valence-corrected chi connectivity index (χ2v) is 8.53. The van der Waals surface area contributed by atoms with E-state index in [1.54, 1.807) is 18.9 Å². The van der Waals surface area contributed by atoms with Crippen LogP contribution in [0.5, 0.6) is 0 Å². The third-order valence-corrected chi connectivity index (χ3v) is 5.93. The van der Waals surface area contributed by atoms with Crippen molar-refractivity contribution in [3.8, 4) is 0 Å². The van der Waals surface area contributed by atoms with Crippen LogP contribution < -0.4 is 10.3 Å². The molecule has 0 radical (unpaired) electrons. The molecule has 0 saturated heterocycles. The van der Waals surface area contributed by atoms with Gasteiger partial charge in [-0.1, -0.05) is 48.5 Å². The second-order valence-electron chi connectivity index (χ2n) is 8.53. The summed E-state index contributed by atoms with van der Waals surface area (Å²) < 4.78 is 5.23. The van der Waals surface area contributed by atoms with Gasteiger partial charge in [0.2, 0.25) is 0 Å². The molecule has 8 nitrogen and oxygen atoms in total. The number of rotatable bonds is 11. The fourth-order valence-corrected chi connectivity index (χ4v) is 4.37. The molecule has 1 unspecified atom stereocenters. The number of aliphatic carboxylic acids is 1. The first-order valence-electron chi connectivity index (χ1n) is 11.7. The van der Waals surface area contributed by atoms with Gasteiger partial charge >= 0.3 is 11.9 Å². The van der Waals surface area contributed by atoms with E-state index < -0.39 is 36.5 Å². The molecule has 0 bridgehead atoms. The van der Waals surface area contributed by atoms with E-state index in [2.05, 4.69) is 5.32 Å². The molecule has 0 aliphatic carbocycles. The first-order chi connectivity index (χ1) is 16.3. The molecule has 1 amide bonds. The number of carboxylic acids is 1. The molecule has 34 heavy (non-hydrogen) atoms. The summed E-state index contributed by atoms with van der Waals surface area (Å²) in [5.74, 6) is -1.95. The Kier molecular flexibility index (Phi) is 8.65. The van der Waals surface area contributed by atoms with Crippen LogP contribution in [0.25, 0.3) is 0 Å². The lowest BCUT2D eigenvalue weighted by Crippen LogP contribution is -2.58. The number of benzene rings is 2. The minimum absolute atomic E-state index is 0.0770. The summed E-state index contributed by atoms with van der Waals surface area (Å²) in [6, 6.07) is 15.9. The fourth-order valence-electron chi connectivity index (χ4n) is 4.37. The number of esters is 1. The average molecular weight is 468 g/mol. The van der Waals surface area contributed by atoms with Crippen LogP contribution in [0.15, 0.2) is 54.6 Å². The van der Waals surface area contributed by atoms with Crippen molar-refractivity contribution in [1.82, 2.24) is 10.3 Å². The lowest BCUT2D eigenvalue weighted by atomic mass is 10.0. The maximum atomic E-state index is 13.5. The molecule has 1 heterocycles. The fraction of sp³-hybridized carbons (Fsp3) is 0.423. The Morgan fingerprint density at radius 2 is 1.82 bits per heavy atom. The van der Waals surface area contributed by atoms with Crippen molar-refractivity contribution in [2.75, 3.05) is 18.2 Å². The van der Waals surface area contributed by atoms with E-state index in [1.807, 2.05) is 61.5 Å². The monoisotopic (exact) mass is 467 g/mol. The SMILES string of the molecule is CCOC(=O)[C@H](CCc1ccccc1)N[C@@H](C)C(=O)N(CC(=O)O)N1c2ccccc2CC1C. The highest BCUT2D eigenvalue weighted by Crippen LogP contribution is 2.33. The zero-order chi connectivity index (χ0) is 24.7. The maximum Gasteiger partial charge on any atom is 0.325 e. The van der Waals surface area contributed by atoms with Gasteiger partial charge in [-0.15, -0.1) is 0 Å². The van der Waals surface area contributed by atoms with Crippen molar-refractivity contribution in [2.45, 2.75) is 58.2 Å². The van der Waals surface area contributed by atoms with Crippen molar-refractivity contribution in [3.05, 3.63) is 65.7 Å². The van der Waals surface area contributed by atoms with Crippen LogP contribution in [-0.4, -0.2) is 59.2 Å². The standard InChI is InChI=1S/C26H33N3O5/c1-4-34-26(33)22(15-14-20-10-6-5-7-11-20)27-19(3)25(32)28(17-24(30)31)29-18(2)16-21-12-8-9-13-23(21)29/h5-13,18-19,22,27H,4,14-17H2,1-3H3,(H,30,31)/t18?,19-,22-/m0/s1. The number of hydrogen-bond donors (Lipinski definition) is 2. The van der Waals surface area contributed by atoms with Crippen LogP contribution in [0, 0.1) is 0 Å². The summed E-state index contributed by atoms with van der Waals surface area (Å²) in [5, 5.41) is 15.7. The van der Waals surface area contributed by atoms with Crippen molar-refractivity contribution >= 4 is 23.5 Å². The third kappa shape index (κ3) is 6.14. The van der Waals surface area contributed by atoms with Gasteiger partial charge < -0.3 is 9.84 Å². The molecule has 2 aromatic rings. The average Bonchev–Trinajstić information content (AvgIpc) is 3.15. The number of amides is 1. The van der Waals surface area contributed by atoms with Crippen LogP contribution in [0.1, 0.15) is 38.3 Å². The Morgan fingerprint density at radius 3 is 2.50 bits per heavy atom. The van der Waals surface area contributed by atoms with E-state index in [1.165, 1.54) is 5.01 Å². The Morgan fingerprint density at radius 1 is 1.15 bits per heavy atom. The van der Waals surface area contributed by atoms with Gasteiger partial charge in [-0.05, 0) is 57.2 Å². The number of fused-ring (bicyclic) bond motifs is 1. The van der Waals surface area contributed by atoms with Gasteiger partial charge in [0, 0.05) is 0 Å². The largest absolute Gasteiger partial charge is 0.480 e. The number of hydrazine groups is 1. The lowest BCUT2D eigenvalue weighted by Gasteiger charge is -2.38. The van der Waals surface area contributed by atoms with Crippen LogP contribution in [0.4, 0.5) is 5.69 Å². The zero-order valence-electron chi connectivity index (χ0n) is 19.9. The highest BCUT2D eigenvalue weighted by atomic mass is 16.5. The first kappa shape index (κ1) is 25.2. The number of hydrogen-bond acceptors (Lipinski definition) is 6. The number of nitrogens with one attached hydrogen (secondary N) is 1. The van der Waals surface area contributed by atoms with Gasteiger partial charge in [0.1, 0.15) is 12.6 Å². The van der Waals surface area contributed by atoms with Crippen LogP contribution in [0.3, 0.4) is 0 Å². The summed E-state index contributed by atoms with van der Waals surface area (Å²) in [6.45, 7) is 5.11. The molecule has 1 aliphatic rings. The maximum absolute atomic E-state index is 13.5. The molecule has 0 saturated carbocycles. The molecule has 3 atom stereocenters. The summed E-state index contributed by atoms with van der Waals surface area (Å²) in [7, 11) is 0. The van der Waals surface area contributed by atoms with E-state index >= 15 is 0 Å². The summed E-state index contributed by atoms with van der Waals surface area (Å²) in [5.41, 5.74) is 2.96. The Bertz CT molecular complexity index is 997. The Balaban J connectivity index is 1.78. The summed E-state index contributed by atoms with van der Waals surface area (Å²) >= 11 is 0. The van der Waals surface area contributed by atoms with Crippen LogP contribution >= 0.6 is 0 Å². The minimum Gasteiger partial charge on any atom is -0.480 e. The molecule has 1 aliphatic heterocycles. The van der Waals surface area contributed by atoms with Gasteiger partial charge in [-0.2, -0.15) is 0 Å². The second kappa shape index (κ2) is 11.7. The number of carbonyl (C=O) groups excluding carboxylic acids is 2. The van der Waals surface area contributed by atoms with E-state index in [4.69, 9.17) is 4.74 Å².